The Kier molecular flexibility index (Phi) is 5.84. The molecule has 112 valence electrons. The van der Waals surface area contributed by atoms with E-state index < -0.39 is 11.4 Å². The fourth-order valence-electron chi connectivity index (χ4n) is 3.06. The maximum atomic E-state index is 11.4. The van der Waals surface area contributed by atoms with Crippen molar-refractivity contribution in [3.05, 3.63) is 0 Å². The number of hydrogen-bond acceptors (Lipinski definition) is 2. The Morgan fingerprint density at radius 2 is 1.79 bits per heavy atom. The SMILES string of the molecule is CCC(CC)(CNCC1CCC(C)(C)CC1)C(=O)O. The fraction of sp³-hybridized carbons (Fsp3) is 0.938. The molecule has 1 fully saturated rings. The van der Waals surface area contributed by atoms with Gasteiger partial charge < -0.3 is 10.4 Å². The van der Waals surface area contributed by atoms with Crippen LogP contribution in [0, 0.1) is 16.7 Å². The Hall–Kier alpha value is -0.570. The van der Waals surface area contributed by atoms with Gasteiger partial charge in [-0.1, -0.05) is 27.7 Å². The molecule has 1 aliphatic carbocycles. The maximum Gasteiger partial charge on any atom is 0.310 e. The number of carbonyl (C=O) groups is 1. The average Bonchev–Trinajstić information content (AvgIpc) is 2.36. The first kappa shape index (κ1) is 16.5. The van der Waals surface area contributed by atoms with Crippen LogP contribution in [0.5, 0.6) is 0 Å². The predicted molar refractivity (Wildman–Crippen MR) is 79.3 cm³/mol. The van der Waals surface area contributed by atoms with E-state index in [1.807, 2.05) is 13.8 Å². The van der Waals surface area contributed by atoms with Gasteiger partial charge in [0.2, 0.25) is 0 Å². The molecule has 0 aromatic heterocycles. The largest absolute Gasteiger partial charge is 0.481 e. The van der Waals surface area contributed by atoms with Crippen LogP contribution >= 0.6 is 0 Å². The van der Waals surface area contributed by atoms with Crippen LogP contribution in [0.4, 0.5) is 0 Å². The predicted octanol–water partition coefficient (Wildman–Crippen LogP) is 3.68. The molecule has 0 bridgehead atoms. The summed E-state index contributed by atoms with van der Waals surface area (Å²) in [5.41, 5.74) is -0.0674. The highest BCUT2D eigenvalue weighted by atomic mass is 16.4. The molecule has 0 aromatic rings. The van der Waals surface area contributed by atoms with Gasteiger partial charge >= 0.3 is 5.97 Å². The van der Waals surface area contributed by atoms with Crippen molar-refractivity contribution in [3.63, 3.8) is 0 Å². The lowest BCUT2D eigenvalue weighted by molar-refractivity contribution is -0.149. The van der Waals surface area contributed by atoms with Gasteiger partial charge in [-0.15, -0.1) is 0 Å². The zero-order valence-electron chi connectivity index (χ0n) is 13.1. The fourth-order valence-corrected chi connectivity index (χ4v) is 3.06. The third-order valence-electron chi connectivity index (χ3n) is 5.16. The van der Waals surface area contributed by atoms with Crippen molar-refractivity contribution in [1.82, 2.24) is 5.32 Å². The van der Waals surface area contributed by atoms with Gasteiger partial charge in [-0.2, -0.15) is 0 Å². The Morgan fingerprint density at radius 1 is 1.26 bits per heavy atom. The van der Waals surface area contributed by atoms with Crippen molar-refractivity contribution in [3.8, 4) is 0 Å². The molecular weight excluding hydrogens is 238 g/mol. The molecule has 1 saturated carbocycles. The number of aliphatic carboxylic acids is 1. The van der Waals surface area contributed by atoms with Crippen molar-refractivity contribution < 1.29 is 9.90 Å². The molecule has 3 heteroatoms. The lowest BCUT2D eigenvalue weighted by atomic mass is 9.73. The number of nitrogens with one attached hydrogen (secondary N) is 1. The second-order valence-electron chi connectivity index (χ2n) is 7.03. The van der Waals surface area contributed by atoms with Crippen molar-refractivity contribution in [1.29, 1.82) is 0 Å². The Labute approximate surface area is 118 Å². The molecule has 0 spiro atoms. The number of rotatable bonds is 7. The lowest BCUT2D eigenvalue weighted by Gasteiger charge is -2.35. The molecule has 0 unspecified atom stereocenters. The van der Waals surface area contributed by atoms with Crippen LogP contribution in [-0.2, 0) is 4.79 Å². The molecule has 0 radical (unpaired) electrons. The highest BCUT2D eigenvalue weighted by Crippen LogP contribution is 2.37. The summed E-state index contributed by atoms with van der Waals surface area (Å²) in [5.74, 6) is 0.0722. The molecular formula is C16H31NO2. The minimum absolute atomic E-state index is 0.508. The second kappa shape index (κ2) is 6.74. The van der Waals surface area contributed by atoms with E-state index in [0.717, 1.165) is 12.5 Å². The molecule has 3 nitrogen and oxygen atoms in total. The van der Waals surface area contributed by atoms with E-state index in [1.165, 1.54) is 25.7 Å². The van der Waals surface area contributed by atoms with Crippen molar-refractivity contribution in [2.75, 3.05) is 13.1 Å². The second-order valence-corrected chi connectivity index (χ2v) is 7.03. The van der Waals surface area contributed by atoms with E-state index in [-0.39, 0.29) is 0 Å². The van der Waals surface area contributed by atoms with Crippen LogP contribution in [0.2, 0.25) is 0 Å². The van der Waals surface area contributed by atoms with E-state index in [2.05, 4.69) is 19.2 Å². The quantitative estimate of drug-likeness (QED) is 0.741. The van der Waals surface area contributed by atoms with Gasteiger partial charge in [0.1, 0.15) is 0 Å². The summed E-state index contributed by atoms with van der Waals surface area (Å²) >= 11 is 0. The molecule has 1 rings (SSSR count). The van der Waals surface area contributed by atoms with Crippen LogP contribution in [0.25, 0.3) is 0 Å². The van der Waals surface area contributed by atoms with Gasteiger partial charge in [0.15, 0.2) is 0 Å². The topological polar surface area (TPSA) is 49.3 Å². The summed E-state index contributed by atoms with van der Waals surface area (Å²) in [7, 11) is 0. The summed E-state index contributed by atoms with van der Waals surface area (Å²) in [6.45, 7) is 10.2. The van der Waals surface area contributed by atoms with Crippen LogP contribution < -0.4 is 5.32 Å². The number of carboxylic acid groups (broad SMARTS) is 1. The van der Waals surface area contributed by atoms with Gasteiger partial charge in [0, 0.05) is 6.54 Å². The van der Waals surface area contributed by atoms with E-state index in [0.29, 0.717) is 24.8 Å². The zero-order valence-corrected chi connectivity index (χ0v) is 13.1. The molecule has 19 heavy (non-hydrogen) atoms. The normalized spacial score (nSPS) is 20.4. The van der Waals surface area contributed by atoms with Gasteiger partial charge in [-0.05, 0) is 56.4 Å². The number of hydrogen-bond donors (Lipinski definition) is 2. The lowest BCUT2D eigenvalue weighted by Crippen LogP contribution is -2.42. The summed E-state index contributed by atoms with van der Waals surface area (Å²) < 4.78 is 0. The summed E-state index contributed by atoms with van der Waals surface area (Å²) in [6, 6.07) is 0. The van der Waals surface area contributed by atoms with Crippen molar-refractivity contribution >= 4 is 5.97 Å². The summed E-state index contributed by atoms with van der Waals surface area (Å²) in [6.07, 6.45) is 6.54. The summed E-state index contributed by atoms with van der Waals surface area (Å²) in [4.78, 5) is 11.4. The first-order valence-electron chi connectivity index (χ1n) is 7.79. The van der Waals surface area contributed by atoms with E-state index in [9.17, 15) is 9.90 Å². The molecule has 0 aromatic carbocycles. The molecule has 0 saturated heterocycles. The molecule has 0 amide bonds. The van der Waals surface area contributed by atoms with Gasteiger partial charge in [-0.25, -0.2) is 0 Å². The molecule has 0 atom stereocenters. The Morgan fingerprint density at radius 3 is 2.21 bits per heavy atom. The van der Waals surface area contributed by atoms with Gasteiger partial charge in [-0.3, -0.25) is 4.79 Å². The third-order valence-corrected chi connectivity index (χ3v) is 5.16. The Balaban J connectivity index is 2.35. The monoisotopic (exact) mass is 269 g/mol. The van der Waals surface area contributed by atoms with Crippen LogP contribution in [0.3, 0.4) is 0 Å². The van der Waals surface area contributed by atoms with Gasteiger partial charge in [0.25, 0.3) is 0 Å². The highest BCUT2D eigenvalue weighted by molar-refractivity contribution is 5.74. The van der Waals surface area contributed by atoms with Gasteiger partial charge in [0.05, 0.1) is 5.41 Å². The Bertz CT molecular complexity index is 285. The van der Waals surface area contributed by atoms with Crippen LogP contribution in [-0.4, -0.2) is 24.2 Å². The molecule has 0 heterocycles. The van der Waals surface area contributed by atoms with Crippen LogP contribution in [0.15, 0.2) is 0 Å². The van der Waals surface area contributed by atoms with Crippen LogP contribution in [0.1, 0.15) is 66.2 Å². The van der Waals surface area contributed by atoms with Crippen molar-refractivity contribution in [2.24, 2.45) is 16.7 Å². The molecule has 2 N–H and O–H groups in total. The smallest absolute Gasteiger partial charge is 0.310 e. The minimum atomic E-state index is -0.658. The first-order chi connectivity index (χ1) is 8.85. The number of carboxylic acids is 1. The molecule has 1 aliphatic rings. The highest BCUT2D eigenvalue weighted by Gasteiger charge is 2.34. The zero-order chi connectivity index (χ0) is 14.5. The maximum absolute atomic E-state index is 11.4. The molecule has 0 aliphatic heterocycles. The van der Waals surface area contributed by atoms with E-state index >= 15 is 0 Å². The standard InChI is InChI=1S/C16H31NO2/c1-5-16(6-2,14(18)19)12-17-11-13-7-9-15(3,4)10-8-13/h13,17H,5-12H2,1-4H3,(H,18,19). The van der Waals surface area contributed by atoms with E-state index in [4.69, 9.17) is 0 Å². The van der Waals surface area contributed by atoms with E-state index in [1.54, 1.807) is 0 Å². The average molecular weight is 269 g/mol. The first-order valence-corrected chi connectivity index (χ1v) is 7.79. The van der Waals surface area contributed by atoms with Crippen molar-refractivity contribution in [2.45, 2.75) is 66.2 Å². The summed E-state index contributed by atoms with van der Waals surface area (Å²) in [5, 5.41) is 12.8. The third kappa shape index (κ3) is 4.48. The minimum Gasteiger partial charge on any atom is -0.481 e.